The SMILES string of the molecule is COC(=O)C1CN(S(=O)(=O)c2ccccc2C(C)(C)C)Cc2ccccc21. The van der Waals surface area contributed by atoms with Crippen LogP contribution in [0.5, 0.6) is 0 Å². The largest absolute Gasteiger partial charge is 0.469 e. The zero-order valence-electron chi connectivity index (χ0n) is 16.1. The molecule has 0 radical (unpaired) electrons. The summed E-state index contributed by atoms with van der Waals surface area (Å²) in [5.41, 5.74) is 2.10. The number of carbonyl (C=O) groups is 1. The first-order chi connectivity index (χ1) is 12.7. The lowest BCUT2D eigenvalue weighted by atomic mass is 9.87. The van der Waals surface area contributed by atoms with Crippen molar-refractivity contribution in [1.82, 2.24) is 4.31 Å². The number of benzene rings is 2. The zero-order chi connectivity index (χ0) is 19.8. The smallest absolute Gasteiger partial charge is 0.314 e. The van der Waals surface area contributed by atoms with Gasteiger partial charge in [0, 0.05) is 13.1 Å². The molecule has 0 saturated carbocycles. The summed E-state index contributed by atoms with van der Waals surface area (Å²) in [6.45, 7) is 6.29. The molecule has 0 amide bonds. The van der Waals surface area contributed by atoms with Crippen LogP contribution >= 0.6 is 0 Å². The van der Waals surface area contributed by atoms with Crippen molar-refractivity contribution in [2.45, 2.75) is 43.5 Å². The Balaban J connectivity index is 2.08. The maximum absolute atomic E-state index is 13.5. The minimum absolute atomic E-state index is 0.0739. The summed E-state index contributed by atoms with van der Waals surface area (Å²) in [7, 11) is -2.44. The van der Waals surface area contributed by atoms with Gasteiger partial charge in [-0.15, -0.1) is 0 Å². The van der Waals surface area contributed by atoms with Crippen molar-refractivity contribution in [3.8, 4) is 0 Å². The van der Waals surface area contributed by atoms with Gasteiger partial charge in [0.15, 0.2) is 0 Å². The molecule has 0 aromatic heterocycles. The van der Waals surface area contributed by atoms with Crippen LogP contribution in [0.2, 0.25) is 0 Å². The maximum atomic E-state index is 13.5. The Morgan fingerprint density at radius 1 is 1.07 bits per heavy atom. The highest BCUT2D eigenvalue weighted by atomic mass is 32.2. The van der Waals surface area contributed by atoms with Gasteiger partial charge in [-0.25, -0.2) is 8.42 Å². The van der Waals surface area contributed by atoms with E-state index in [9.17, 15) is 13.2 Å². The number of methoxy groups -OCH3 is 1. The van der Waals surface area contributed by atoms with E-state index >= 15 is 0 Å². The molecule has 6 heteroatoms. The molecule has 0 spiro atoms. The number of sulfonamides is 1. The van der Waals surface area contributed by atoms with Gasteiger partial charge in [-0.05, 0) is 28.2 Å². The number of nitrogens with zero attached hydrogens (tertiary/aromatic N) is 1. The van der Waals surface area contributed by atoms with E-state index in [-0.39, 0.29) is 18.5 Å². The minimum atomic E-state index is -3.77. The molecule has 5 nitrogen and oxygen atoms in total. The number of hydrogen-bond donors (Lipinski definition) is 0. The summed E-state index contributed by atoms with van der Waals surface area (Å²) in [5, 5.41) is 0. The Labute approximate surface area is 161 Å². The lowest BCUT2D eigenvalue weighted by Gasteiger charge is -2.34. The second-order valence-corrected chi connectivity index (χ2v) is 9.72. The van der Waals surface area contributed by atoms with Crippen LogP contribution in [-0.2, 0) is 31.5 Å². The topological polar surface area (TPSA) is 63.7 Å². The van der Waals surface area contributed by atoms with Gasteiger partial charge >= 0.3 is 5.97 Å². The predicted molar refractivity (Wildman–Crippen MR) is 104 cm³/mol. The fourth-order valence-corrected chi connectivity index (χ4v) is 5.39. The van der Waals surface area contributed by atoms with Crippen molar-refractivity contribution in [3.63, 3.8) is 0 Å². The molecule has 0 aliphatic carbocycles. The van der Waals surface area contributed by atoms with Crippen molar-refractivity contribution in [2.75, 3.05) is 13.7 Å². The van der Waals surface area contributed by atoms with Crippen LogP contribution in [0.15, 0.2) is 53.4 Å². The molecule has 0 saturated heterocycles. The predicted octanol–water partition coefficient (Wildman–Crippen LogP) is 3.45. The number of fused-ring (bicyclic) bond motifs is 1. The summed E-state index contributed by atoms with van der Waals surface area (Å²) in [6, 6.07) is 14.5. The van der Waals surface area contributed by atoms with E-state index in [1.807, 2.05) is 57.2 Å². The second-order valence-electron chi connectivity index (χ2n) is 7.82. The summed E-state index contributed by atoms with van der Waals surface area (Å²) in [4.78, 5) is 12.6. The summed E-state index contributed by atoms with van der Waals surface area (Å²) < 4.78 is 33.3. The first-order valence-corrected chi connectivity index (χ1v) is 10.4. The lowest BCUT2D eigenvalue weighted by Crippen LogP contribution is -2.41. The summed E-state index contributed by atoms with van der Waals surface area (Å²) in [5.74, 6) is -1.05. The third-order valence-electron chi connectivity index (χ3n) is 4.96. The molecule has 1 heterocycles. The Bertz CT molecular complexity index is 960. The number of ether oxygens (including phenoxy) is 1. The van der Waals surface area contributed by atoms with Gasteiger partial charge in [-0.2, -0.15) is 4.31 Å². The monoisotopic (exact) mass is 387 g/mol. The van der Waals surface area contributed by atoms with E-state index in [1.54, 1.807) is 12.1 Å². The van der Waals surface area contributed by atoms with Gasteiger partial charge in [0.25, 0.3) is 0 Å². The van der Waals surface area contributed by atoms with Gasteiger partial charge in [0.05, 0.1) is 17.9 Å². The van der Waals surface area contributed by atoms with Crippen LogP contribution in [0, 0.1) is 0 Å². The van der Waals surface area contributed by atoms with E-state index in [1.165, 1.54) is 11.4 Å². The number of carbonyl (C=O) groups excluding carboxylic acids is 1. The summed E-state index contributed by atoms with van der Waals surface area (Å²) in [6.07, 6.45) is 0. The molecule has 1 unspecified atom stereocenters. The molecule has 0 fully saturated rings. The minimum Gasteiger partial charge on any atom is -0.469 e. The zero-order valence-corrected chi connectivity index (χ0v) is 16.9. The molecule has 0 N–H and O–H groups in total. The number of esters is 1. The highest BCUT2D eigenvalue weighted by Crippen LogP contribution is 2.35. The normalized spacial score (nSPS) is 18.0. The molecule has 1 atom stereocenters. The van der Waals surface area contributed by atoms with Gasteiger partial charge < -0.3 is 4.74 Å². The molecule has 27 heavy (non-hydrogen) atoms. The average molecular weight is 388 g/mol. The molecule has 1 aliphatic heterocycles. The van der Waals surface area contributed by atoms with Crippen LogP contribution in [0.25, 0.3) is 0 Å². The van der Waals surface area contributed by atoms with E-state index in [2.05, 4.69) is 0 Å². The quantitative estimate of drug-likeness (QED) is 0.757. The third-order valence-corrected chi connectivity index (χ3v) is 6.83. The highest BCUT2D eigenvalue weighted by molar-refractivity contribution is 7.89. The Morgan fingerprint density at radius 3 is 2.37 bits per heavy atom. The fourth-order valence-electron chi connectivity index (χ4n) is 3.55. The molecule has 0 bridgehead atoms. The molecule has 2 aromatic rings. The fraction of sp³-hybridized carbons (Fsp3) is 0.381. The molecule has 2 aromatic carbocycles. The van der Waals surface area contributed by atoms with Gasteiger partial charge in [-0.1, -0.05) is 63.2 Å². The summed E-state index contributed by atoms with van der Waals surface area (Å²) >= 11 is 0. The maximum Gasteiger partial charge on any atom is 0.314 e. The van der Waals surface area contributed by atoms with Crippen LogP contribution in [-0.4, -0.2) is 32.3 Å². The molecule has 144 valence electrons. The number of rotatable bonds is 3. The van der Waals surface area contributed by atoms with Crippen LogP contribution < -0.4 is 0 Å². The van der Waals surface area contributed by atoms with Gasteiger partial charge in [0.2, 0.25) is 10.0 Å². The Morgan fingerprint density at radius 2 is 1.70 bits per heavy atom. The van der Waals surface area contributed by atoms with Gasteiger partial charge in [-0.3, -0.25) is 4.79 Å². The molecular formula is C21H25NO4S. The van der Waals surface area contributed by atoms with Crippen molar-refractivity contribution >= 4 is 16.0 Å². The van der Waals surface area contributed by atoms with Crippen molar-refractivity contribution in [1.29, 1.82) is 0 Å². The Hall–Kier alpha value is -2.18. The van der Waals surface area contributed by atoms with Crippen molar-refractivity contribution < 1.29 is 17.9 Å². The van der Waals surface area contributed by atoms with Crippen LogP contribution in [0.1, 0.15) is 43.4 Å². The standard InChI is InChI=1S/C21H25NO4S/c1-21(2,3)18-11-7-8-12-19(18)27(24,25)22-13-15-9-5-6-10-16(15)17(14-22)20(23)26-4/h5-12,17H,13-14H2,1-4H3. The second kappa shape index (κ2) is 7.09. The van der Waals surface area contributed by atoms with E-state index < -0.39 is 21.9 Å². The van der Waals surface area contributed by atoms with Crippen molar-refractivity contribution in [2.24, 2.45) is 0 Å². The Kier molecular flexibility index (Phi) is 5.14. The first kappa shape index (κ1) is 19.6. The lowest BCUT2D eigenvalue weighted by molar-refractivity contribution is -0.142. The molecular weight excluding hydrogens is 362 g/mol. The van der Waals surface area contributed by atoms with Crippen molar-refractivity contribution in [3.05, 3.63) is 65.2 Å². The van der Waals surface area contributed by atoms with E-state index in [0.717, 1.165) is 16.7 Å². The van der Waals surface area contributed by atoms with E-state index in [4.69, 9.17) is 4.74 Å². The van der Waals surface area contributed by atoms with Gasteiger partial charge in [0.1, 0.15) is 0 Å². The molecule has 3 rings (SSSR count). The van der Waals surface area contributed by atoms with Crippen LogP contribution in [0.4, 0.5) is 0 Å². The average Bonchev–Trinajstić information content (AvgIpc) is 2.65. The molecule has 1 aliphatic rings. The number of hydrogen-bond acceptors (Lipinski definition) is 4. The van der Waals surface area contributed by atoms with E-state index in [0.29, 0.717) is 4.90 Å². The first-order valence-electron chi connectivity index (χ1n) is 8.91. The van der Waals surface area contributed by atoms with Crippen LogP contribution in [0.3, 0.4) is 0 Å². The highest BCUT2D eigenvalue weighted by Gasteiger charge is 2.38. The third kappa shape index (κ3) is 3.64.